The van der Waals surface area contributed by atoms with Gasteiger partial charge in [-0.1, -0.05) is 5.18 Å². The van der Waals surface area contributed by atoms with Crippen molar-refractivity contribution in [1.29, 1.82) is 0 Å². The maximum atomic E-state index is 10.8. The minimum atomic E-state index is -0.0885. The molecule has 4 aliphatic rings. The molecule has 0 radical (unpaired) electrons. The summed E-state index contributed by atoms with van der Waals surface area (Å²) in [6.07, 6.45) is 7.53. The molecule has 12 heavy (non-hydrogen) atoms. The normalized spacial score (nSPS) is 55.8. The predicted octanol–water partition coefficient (Wildman–Crippen LogP) is 2.72. The highest BCUT2D eigenvalue weighted by Gasteiger charge is 2.52. The molecule has 0 aromatic heterocycles. The van der Waals surface area contributed by atoms with Gasteiger partial charge in [-0.05, 0) is 56.3 Å². The molecule has 4 aliphatic carbocycles. The molecule has 0 spiro atoms. The van der Waals surface area contributed by atoms with E-state index in [2.05, 4.69) is 5.18 Å². The second-order valence-electron chi connectivity index (χ2n) is 5.23. The fourth-order valence-electron chi connectivity index (χ4n) is 4.18. The Kier molecular flexibility index (Phi) is 1.23. The van der Waals surface area contributed by atoms with Gasteiger partial charge in [-0.3, -0.25) is 0 Å². The van der Waals surface area contributed by atoms with Gasteiger partial charge in [0.1, 0.15) is 5.54 Å². The van der Waals surface area contributed by atoms with Crippen LogP contribution in [0.4, 0.5) is 0 Å². The molecule has 0 amide bonds. The van der Waals surface area contributed by atoms with Gasteiger partial charge in [0.25, 0.3) is 0 Å². The van der Waals surface area contributed by atoms with Crippen LogP contribution in [0.5, 0.6) is 0 Å². The molecule has 4 rings (SSSR count). The number of hydrogen-bond acceptors (Lipinski definition) is 2. The summed E-state index contributed by atoms with van der Waals surface area (Å²) >= 11 is 0. The first kappa shape index (κ1) is 7.05. The van der Waals surface area contributed by atoms with Crippen molar-refractivity contribution in [2.24, 2.45) is 22.9 Å². The summed E-state index contributed by atoms with van der Waals surface area (Å²) in [7, 11) is 0. The minimum absolute atomic E-state index is 0.0885. The average molecular weight is 165 g/mol. The van der Waals surface area contributed by atoms with Gasteiger partial charge in [0.2, 0.25) is 0 Å². The molecule has 0 heterocycles. The Hall–Kier alpha value is -0.400. The molecule has 0 aromatic rings. The Bertz CT molecular complexity index is 189. The molecule has 0 saturated heterocycles. The van der Waals surface area contributed by atoms with Gasteiger partial charge in [-0.15, -0.1) is 0 Å². The van der Waals surface area contributed by atoms with E-state index in [1.165, 1.54) is 19.3 Å². The molecular weight excluding hydrogens is 150 g/mol. The lowest BCUT2D eigenvalue weighted by atomic mass is 9.53. The summed E-state index contributed by atoms with van der Waals surface area (Å²) in [4.78, 5) is 10.8. The van der Waals surface area contributed by atoms with E-state index in [4.69, 9.17) is 0 Å². The van der Waals surface area contributed by atoms with Crippen LogP contribution in [0.3, 0.4) is 0 Å². The predicted molar refractivity (Wildman–Crippen MR) is 46.7 cm³/mol. The zero-order valence-electron chi connectivity index (χ0n) is 7.33. The molecule has 2 heteroatoms. The van der Waals surface area contributed by atoms with Crippen molar-refractivity contribution >= 4 is 0 Å². The Labute approximate surface area is 72.7 Å². The summed E-state index contributed by atoms with van der Waals surface area (Å²) in [6, 6.07) is 0. The molecule has 0 atom stereocenters. The van der Waals surface area contributed by atoms with Crippen LogP contribution >= 0.6 is 0 Å². The molecule has 0 aliphatic heterocycles. The number of nitroso groups, excluding NO2 is 1. The van der Waals surface area contributed by atoms with E-state index < -0.39 is 0 Å². The zero-order valence-corrected chi connectivity index (χ0v) is 7.33. The Balaban J connectivity index is 1.95. The lowest BCUT2D eigenvalue weighted by Crippen LogP contribution is -2.49. The number of hydrogen-bond donors (Lipinski definition) is 0. The third-order valence-electron chi connectivity index (χ3n) is 4.20. The van der Waals surface area contributed by atoms with Crippen molar-refractivity contribution in [2.75, 3.05) is 0 Å². The minimum Gasteiger partial charge on any atom is -0.150 e. The maximum absolute atomic E-state index is 10.8. The van der Waals surface area contributed by atoms with E-state index >= 15 is 0 Å². The van der Waals surface area contributed by atoms with Gasteiger partial charge in [0.05, 0.1) is 0 Å². The molecule has 4 fully saturated rings. The third kappa shape index (κ3) is 0.810. The number of rotatable bonds is 1. The third-order valence-corrected chi connectivity index (χ3v) is 4.20. The van der Waals surface area contributed by atoms with Crippen LogP contribution in [0.1, 0.15) is 38.5 Å². The van der Waals surface area contributed by atoms with Crippen molar-refractivity contribution in [1.82, 2.24) is 0 Å². The fraction of sp³-hybridized carbons (Fsp3) is 1.00. The first-order chi connectivity index (χ1) is 5.80. The first-order valence-electron chi connectivity index (χ1n) is 5.14. The summed E-state index contributed by atoms with van der Waals surface area (Å²) in [5.41, 5.74) is -0.0885. The second kappa shape index (κ2) is 2.09. The van der Waals surface area contributed by atoms with Crippen molar-refractivity contribution in [3.63, 3.8) is 0 Å². The van der Waals surface area contributed by atoms with Gasteiger partial charge in [0, 0.05) is 0 Å². The molecule has 4 saturated carbocycles. The van der Waals surface area contributed by atoms with Crippen LogP contribution < -0.4 is 0 Å². The van der Waals surface area contributed by atoms with Crippen molar-refractivity contribution < 1.29 is 0 Å². The summed E-state index contributed by atoms with van der Waals surface area (Å²) in [5.74, 6) is 2.57. The van der Waals surface area contributed by atoms with Crippen LogP contribution in [0.2, 0.25) is 0 Å². The second-order valence-corrected chi connectivity index (χ2v) is 5.23. The van der Waals surface area contributed by atoms with E-state index in [1.54, 1.807) is 0 Å². The Morgan fingerprint density at radius 3 is 1.67 bits per heavy atom. The maximum Gasteiger partial charge on any atom is 0.103 e. The van der Waals surface area contributed by atoms with Crippen LogP contribution in [-0.2, 0) is 0 Å². The number of nitrogens with zero attached hydrogens (tertiary/aromatic N) is 1. The lowest BCUT2D eigenvalue weighted by molar-refractivity contribution is 0.000826. The SMILES string of the molecule is O=NC12CC3CC(CC(C3)C1)C2. The molecule has 0 aromatic carbocycles. The van der Waals surface area contributed by atoms with Gasteiger partial charge in [-0.2, -0.15) is 4.91 Å². The van der Waals surface area contributed by atoms with E-state index in [-0.39, 0.29) is 5.54 Å². The monoisotopic (exact) mass is 165 g/mol. The topological polar surface area (TPSA) is 29.4 Å². The van der Waals surface area contributed by atoms with Gasteiger partial charge < -0.3 is 0 Å². The zero-order chi connectivity index (χ0) is 8.18. The quantitative estimate of drug-likeness (QED) is 0.549. The van der Waals surface area contributed by atoms with Crippen LogP contribution in [0.15, 0.2) is 5.18 Å². The Morgan fingerprint density at radius 1 is 0.917 bits per heavy atom. The standard InChI is InChI=1S/C10H15NO/c12-11-10-4-7-1-8(5-10)3-9(2-7)6-10/h7-9H,1-6H2. The summed E-state index contributed by atoms with van der Waals surface area (Å²) in [5, 5.41) is 3.43. The Morgan fingerprint density at radius 2 is 1.33 bits per heavy atom. The van der Waals surface area contributed by atoms with Gasteiger partial charge in [-0.25, -0.2) is 0 Å². The summed E-state index contributed by atoms with van der Waals surface area (Å²) < 4.78 is 0. The van der Waals surface area contributed by atoms with Crippen molar-refractivity contribution in [3.8, 4) is 0 Å². The first-order valence-corrected chi connectivity index (χ1v) is 5.14. The van der Waals surface area contributed by atoms with Crippen LogP contribution in [0, 0.1) is 22.7 Å². The van der Waals surface area contributed by atoms with E-state index in [9.17, 15) is 4.91 Å². The highest BCUT2D eigenvalue weighted by atomic mass is 16.3. The lowest BCUT2D eigenvalue weighted by Gasteiger charge is -2.53. The van der Waals surface area contributed by atoms with Crippen molar-refractivity contribution in [2.45, 2.75) is 44.1 Å². The fourth-order valence-corrected chi connectivity index (χ4v) is 4.18. The molecule has 0 unspecified atom stereocenters. The van der Waals surface area contributed by atoms with Gasteiger partial charge >= 0.3 is 0 Å². The van der Waals surface area contributed by atoms with E-state index in [0.29, 0.717) is 0 Å². The van der Waals surface area contributed by atoms with E-state index in [0.717, 1.165) is 37.0 Å². The molecule has 4 bridgehead atoms. The molecule has 0 N–H and O–H groups in total. The average Bonchev–Trinajstić information content (AvgIpc) is 2.02. The summed E-state index contributed by atoms with van der Waals surface area (Å²) in [6.45, 7) is 0. The van der Waals surface area contributed by atoms with E-state index in [1.807, 2.05) is 0 Å². The van der Waals surface area contributed by atoms with Gasteiger partial charge in [0.15, 0.2) is 0 Å². The van der Waals surface area contributed by atoms with Crippen LogP contribution in [-0.4, -0.2) is 5.54 Å². The molecule has 66 valence electrons. The van der Waals surface area contributed by atoms with Crippen LogP contribution in [0.25, 0.3) is 0 Å². The van der Waals surface area contributed by atoms with Crippen molar-refractivity contribution in [3.05, 3.63) is 4.91 Å². The smallest absolute Gasteiger partial charge is 0.103 e. The molecule has 2 nitrogen and oxygen atoms in total. The highest BCUT2D eigenvalue weighted by molar-refractivity contribution is 5.06. The highest BCUT2D eigenvalue weighted by Crippen LogP contribution is 2.57. The molecular formula is C10H15NO. The largest absolute Gasteiger partial charge is 0.150 e.